The van der Waals surface area contributed by atoms with Crippen LogP contribution in [0.1, 0.15) is 29.5 Å². The molecule has 0 N–H and O–H groups in total. The highest BCUT2D eigenvalue weighted by atomic mass is 14.2. The zero-order chi connectivity index (χ0) is 19.1. The molecule has 3 aromatic rings. The second-order valence-corrected chi connectivity index (χ2v) is 6.65. The van der Waals surface area contributed by atoms with Crippen molar-refractivity contribution in [2.45, 2.75) is 19.8 Å². The Morgan fingerprint density at radius 3 is 2.11 bits per heavy atom. The molecule has 1 atom stereocenters. The zero-order valence-electron chi connectivity index (χ0n) is 16.1. The van der Waals surface area contributed by atoms with Gasteiger partial charge in [0.15, 0.2) is 0 Å². The molecule has 0 fully saturated rings. The Hall–Kier alpha value is -3.12. The molecule has 0 aliphatic carbocycles. The number of hydrogen-bond acceptors (Lipinski definition) is 0. The van der Waals surface area contributed by atoms with Crippen LogP contribution in [0, 0.1) is 6.92 Å². The van der Waals surface area contributed by atoms with Gasteiger partial charge in [0, 0.05) is 5.92 Å². The molecule has 3 aromatic carbocycles. The van der Waals surface area contributed by atoms with E-state index in [0.29, 0.717) is 0 Å². The largest absolute Gasteiger partial charge is 0.0991 e. The van der Waals surface area contributed by atoms with E-state index < -0.39 is 0 Å². The molecule has 0 aliphatic heterocycles. The van der Waals surface area contributed by atoms with Crippen LogP contribution in [0.3, 0.4) is 0 Å². The van der Waals surface area contributed by atoms with Crippen LogP contribution in [0.2, 0.25) is 0 Å². The minimum absolute atomic E-state index is 0.149. The number of aryl methyl sites for hydroxylation is 1. The highest BCUT2D eigenvalue weighted by Gasteiger charge is 2.21. The first-order valence-corrected chi connectivity index (χ1v) is 9.41. The Morgan fingerprint density at radius 2 is 1.44 bits per heavy atom. The third kappa shape index (κ3) is 4.17. The lowest BCUT2D eigenvalue weighted by Gasteiger charge is -2.23. The summed E-state index contributed by atoms with van der Waals surface area (Å²) in [6.45, 7) is 8.18. The fourth-order valence-electron chi connectivity index (χ4n) is 3.64. The van der Waals surface area contributed by atoms with Crippen LogP contribution in [0.25, 0.3) is 11.1 Å². The summed E-state index contributed by atoms with van der Waals surface area (Å²) in [6, 6.07) is 28.0. The van der Waals surface area contributed by atoms with Crippen LogP contribution in [-0.2, 0) is 0 Å². The van der Waals surface area contributed by atoms with Crippen molar-refractivity contribution < 1.29 is 0 Å². The highest BCUT2D eigenvalue weighted by Crippen LogP contribution is 2.39. The van der Waals surface area contributed by atoms with Gasteiger partial charge in [-0.2, -0.15) is 0 Å². The SMILES string of the molecule is C=C/C=C(\C=C/C)C(c1ccccc1)c1ccccc1-c1ccccc1C. The maximum absolute atomic E-state index is 3.94. The van der Waals surface area contributed by atoms with E-state index in [0.717, 1.165) is 0 Å². The maximum atomic E-state index is 3.94. The minimum atomic E-state index is 0.149. The molecule has 0 bridgehead atoms. The lowest BCUT2D eigenvalue weighted by Crippen LogP contribution is -2.06. The second kappa shape index (κ2) is 9.00. The molecule has 0 radical (unpaired) electrons. The lowest BCUT2D eigenvalue weighted by molar-refractivity contribution is 0.978. The van der Waals surface area contributed by atoms with E-state index in [9.17, 15) is 0 Å². The molecule has 0 aliphatic rings. The average Bonchev–Trinajstić information content (AvgIpc) is 2.70. The number of benzene rings is 3. The first-order chi connectivity index (χ1) is 13.3. The molecule has 0 heteroatoms. The van der Waals surface area contributed by atoms with E-state index in [-0.39, 0.29) is 5.92 Å². The topological polar surface area (TPSA) is 0 Å². The van der Waals surface area contributed by atoms with Crippen molar-refractivity contribution in [1.29, 1.82) is 0 Å². The Bertz CT molecular complexity index is 958. The zero-order valence-corrected chi connectivity index (χ0v) is 16.1. The molecular weight excluding hydrogens is 324 g/mol. The summed E-state index contributed by atoms with van der Waals surface area (Å²) < 4.78 is 0. The molecule has 0 amide bonds. The third-order valence-electron chi connectivity index (χ3n) is 4.84. The molecule has 0 heterocycles. The average molecular weight is 351 g/mol. The summed E-state index contributed by atoms with van der Waals surface area (Å²) in [5.41, 5.74) is 7.68. The quantitative estimate of drug-likeness (QED) is 0.404. The van der Waals surface area contributed by atoms with Crippen molar-refractivity contribution in [3.63, 3.8) is 0 Å². The van der Waals surface area contributed by atoms with Gasteiger partial charge >= 0.3 is 0 Å². The smallest absolute Gasteiger partial charge is 0.0346 e. The first kappa shape index (κ1) is 18.7. The summed E-state index contributed by atoms with van der Waals surface area (Å²) in [5.74, 6) is 0.149. The van der Waals surface area contributed by atoms with Crippen molar-refractivity contribution in [3.8, 4) is 11.1 Å². The normalized spacial score (nSPS) is 12.9. The summed E-state index contributed by atoms with van der Waals surface area (Å²) >= 11 is 0. The predicted molar refractivity (Wildman–Crippen MR) is 118 cm³/mol. The van der Waals surface area contributed by atoms with E-state index in [1.807, 2.05) is 6.08 Å². The van der Waals surface area contributed by atoms with Gasteiger partial charge < -0.3 is 0 Å². The standard InChI is InChI=1S/C27H26/c1-4-13-22(14-5-2)27(23-16-7-6-8-17-23)26-20-12-11-19-25(26)24-18-10-9-15-21(24)3/h4-20,27H,1H2,2-3H3/b14-5-,22-13+. The molecule has 0 aromatic heterocycles. The van der Waals surface area contributed by atoms with E-state index in [2.05, 4.69) is 118 Å². The Labute approximate surface area is 163 Å². The summed E-state index contributed by atoms with van der Waals surface area (Å²) in [7, 11) is 0. The summed E-state index contributed by atoms with van der Waals surface area (Å²) in [6.07, 6.45) is 8.28. The maximum Gasteiger partial charge on any atom is 0.0346 e. The molecule has 27 heavy (non-hydrogen) atoms. The molecule has 0 saturated heterocycles. The van der Waals surface area contributed by atoms with Crippen molar-refractivity contribution >= 4 is 0 Å². The van der Waals surface area contributed by atoms with Gasteiger partial charge in [0.05, 0.1) is 0 Å². The number of hydrogen-bond donors (Lipinski definition) is 0. The van der Waals surface area contributed by atoms with Crippen molar-refractivity contribution in [2.75, 3.05) is 0 Å². The van der Waals surface area contributed by atoms with Gasteiger partial charge in [-0.05, 0) is 47.2 Å². The van der Waals surface area contributed by atoms with E-state index in [4.69, 9.17) is 0 Å². The molecule has 3 rings (SSSR count). The van der Waals surface area contributed by atoms with Gasteiger partial charge in [0.25, 0.3) is 0 Å². The van der Waals surface area contributed by atoms with E-state index >= 15 is 0 Å². The van der Waals surface area contributed by atoms with Crippen LogP contribution < -0.4 is 0 Å². The molecule has 134 valence electrons. The number of allylic oxidation sites excluding steroid dienone is 5. The van der Waals surface area contributed by atoms with Gasteiger partial charge in [-0.1, -0.05) is 110 Å². The van der Waals surface area contributed by atoms with Crippen molar-refractivity contribution in [1.82, 2.24) is 0 Å². The predicted octanol–water partition coefficient (Wildman–Crippen LogP) is 7.48. The fourth-order valence-corrected chi connectivity index (χ4v) is 3.64. The molecule has 1 unspecified atom stereocenters. The van der Waals surface area contributed by atoms with Crippen molar-refractivity contribution in [3.05, 3.63) is 132 Å². The van der Waals surface area contributed by atoms with Gasteiger partial charge in [-0.3, -0.25) is 0 Å². The molecule has 0 nitrogen and oxygen atoms in total. The number of rotatable bonds is 6. The summed E-state index contributed by atoms with van der Waals surface area (Å²) in [4.78, 5) is 0. The lowest BCUT2D eigenvalue weighted by atomic mass is 9.80. The van der Waals surface area contributed by atoms with Crippen LogP contribution in [0.4, 0.5) is 0 Å². The van der Waals surface area contributed by atoms with Gasteiger partial charge in [-0.15, -0.1) is 0 Å². The van der Waals surface area contributed by atoms with E-state index in [1.165, 1.54) is 33.4 Å². The highest BCUT2D eigenvalue weighted by molar-refractivity contribution is 5.73. The van der Waals surface area contributed by atoms with Crippen molar-refractivity contribution in [2.24, 2.45) is 0 Å². The van der Waals surface area contributed by atoms with Crippen LogP contribution in [0.5, 0.6) is 0 Å². The summed E-state index contributed by atoms with van der Waals surface area (Å²) in [5, 5.41) is 0. The molecular formula is C27H26. The minimum Gasteiger partial charge on any atom is -0.0991 e. The van der Waals surface area contributed by atoms with Crippen LogP contribution >= 0.6 is 0 Å². The molecule has 0 saturated carbocycles. The van der Waals surface area contributed by atoms with Crippen LogP contribution in [0.15, 0.2) is 115 Å². The third-order valence-corrected chi connectivity index (χ3v) is 4.84. The fraction of sp³-hybridized carbons (Fsp3) is 0.111. The molecule has 0 spiro atoms. The van der Waals surface area contributed by atoms with Gasteiger partial charge in [0.1, 0.15) is 0 Å². The van der Waals surface area contributed by atoms with Crippen LogP contribution in [-0.4, -0.2) is 0 Å². The first-order valence-electron chi connectivity index (χ1n) is 9.41. The Morgan fingerprint density at radius 1 is 0.815 bits per heavy atom. The second-order valence-electron chi connectivity index (χ2n) is 6.65. The van der Waals surface area contributed by atoms with Gasteiger partial charge in [0.2, 0.25) is 0 Å². The van der Waals surface area contributed by atoms with E-state index in [1.54, 1.807) is 0 Å². The monoisotopic (exact) mass is 350 g/mol. The van der Waals surface area contributed by atoms with Gasteiger partial charge in [-0.25, -0.2) is 0 Å². The Kier molecular flexibility index (Phi) is 6.22. The Balaban J connectivity index is 2.27.